The maximum absolute atomic E-state index is 11.4. The number of benzene rings is 1. The first-order chi connectivity index (χ1) is 11.4. The van der Waals surface area contributed by atoms with Crippen molar-refractivity contribution in [2.45, 2.75) is 33.6 Å². The first-order valence-electron chi connectivity index (χ1n) is 8.66. The molecule has 1 aliphatic rings. The molecule has 0 unspecified atom stereocenters. The minimum atomic E-state index is -0.300. The predicted octanol–water partition coefficient (Wildman–Crippen LogP) is 3.33. The van der Waals surface area contributed by atoms with Crippen LogP contribution in [0.5, 0.6) is 0 Å². The van der Waals surface area contributed by atoms with Crippen LogP contribution in [0.1, 0.15) is 43.1 Å². The molecule has 140 valence electrons. The molecule has 0 amide bonds. The van der Waals surface area contributed by atoms with Gasteiger partial charge in [-0.25, -0.2) is 4.79 Å². The lowest BCUT2D eigenvalue weighted by molar-refractivity contribution is 0.0600. The summed E-state index contributed by atoms with van der Waals surface area (Å²) in [6.07, 6.45) is 2.06. The van der Waals surface area contributed by atoms with Gasteiger partial charge in [0.15, 0.2) is 5.96 Å². The zero-order valence-corrected chi connectivity index (χ0v) is 18.0. The molecule has 1 aromatic rings. The zero-order chi connectivity index (χ0) is 17.6. The van der Waals surface area contributed by atoms with Crippen LogP contribution in [0.2, 0.25) is 0 Å². The highest BCUT2D eigenvalue weighted by Crippen LogP contribution is 2.28. The molecule has 0 bridgehead atoms. The number of methoxy groups -OCH3 is 1. The molecule has 1 heterocycles. The van der Waals surface area contributed by atoms with E-state index in [9.17, 15) is 4.79 Å². The Bertz CT molecular complexity index is 585. The summed E-state index contributed by atoms with van der Waals surface area (Å²) < 4.78 is 4.71. The van der Waals surface area contributed by atoms with E-state index in [-0.39, 0.29) is 29.9 Å². The van der Waals surface area contributed by atoms with E-state index in [1.54, 1.807) is 12.1 Å². The number of aliphatic imine (C=N–C) groups is 1. The number of ether oxygens (including phenoxy) is 1. The number of guanidine groups is 1. The molecule has 1 fully saturated rings. The normalized spacial score (nSPS) is 16.3. The first-order valence-corrected chi connectivity index (χ1v) is 8.66. The van der Waals surface area contributed by atoms with Gasteiger partial charge in [-0.15, -0.1) is 24.0 Å². The maximum atomic E-state index is 11.4. The van der Waals surface area contributed by atoms with Crippen LogP contribution in [0.25, 0.3) is 0 Å². The van der Waals surface area contributed by atoms with E-state index in [1.165, 1.54) is 19.1 Å². The van der Waals surface area contributed by atoms with Crippen LogP contribution in [0.4, 0.5) is 0 Å². The van der Waals surface area contributed by atoms with E-state index < -0.39 is 0 Å². The molecule has 1 N–H and O–H groups in total. The van der Waals surface area contributed by atoms with Crippen molar-refractivity contribution in [1.29, 1.82) is 0 Å². The standard InChI is InChI=1S/C19H29N3O2.HI/c1-5-20-18(22-13-11-19(2,3)14-22)21-12-10-15-6-8-16(9-7-15)17(23)24-4;/h6-9H,5,10-14H2,1-4H3,(H,20,21);1H. The quantitative estimate of drug-likeness (QED) is 0.318. The Hall–Kier alpha value is -1.31. The highest BCUT2D eigenvalue weighted by atomic mass is 127. The van der Waals surface area contributed by atoms with Gasteiger partial charge in [-0.2, -0.15) is 0 Å². The van der Waals surface area contributed by atoms with Crippen LogP contribution in [0, 0.1) is 5.41 Å². The average Bonchev–Trinajstić information content (AvgIpc) is 2.94. The fourth-order valence-corrected chi connectivity index (χ4v) is 2.94. The second-order valence-electron chi connectivity index (χ2n) is 7.01. The molecule has 25 heavy (non-hydrogen) atoms. The van der Waals surface area contributed by atoms with E-state index in [0.29, 0.717) is 11.0 Å². The van der Waals surface area contributed by atoms with Crippen LogP contribution < -0.4 is 5.32 Å². The number of esters is 1. The summed E-state index contributed by atoms with van der Waals surface area (Å²) in [5.41, 5.74) is 2.11. The Labute approximate surface area is 168 Å². The molecule has 5 nitrogen and oxygen atoms in total. The summed E-state index contributed by atoms with van der Waals surface area (Å²) in [5, 5.41) is 3.39. The van der Waals surface area contributed by atoms with Crippen LogP contribution in [0.15, 0.2) is 29.3 Å². The monoisotopic (exact) mass is 459 g/mol. The Morgan fingerprint density at radius 2 is 2.00 bits per heavy atom. The van der Waals surface area contributed by atoms with Crippen LogP contribution in [-0.4, -0.2) is 50.1 Å². The lowest BCUT2D eigenvalue weighted by atomic mass is 9.93. The van der Waals surface area contributed by atoms with Gasteiger partial charge in [0.05, 0.1) is 12.7 Å². The van der Waals surface area contributed by atoms with E-state index in [1.807, 2.05) is 12.1 Å². The highest BCUT2D eigenvalue weighted by Gasteiger charge is 2.30. The maximum Gasteiger partial charge on any atom is 0.337 e. The van der Waals surface area contributed by atoms with E-state index in [0.717, 1.165) is 38.6 Å². The summed E-state index contributed by atoms with van der Waals surface area (Å²) >= 11 is 0. The summed E-state index contributed by atoms with van der Waals surface area (Å²) in [5.74, 6) is 0.708. The lowest BCUT2D eigenvalue weighted by Crippen LogP contribution is -2.40. The van der Waals surface area contributed by atoms with Gasteiger partial charge in [0.1, 0.15) is 0 Å². The van der Waals surface area contributed by atoms with Crippen LogP contribution in [-0.2, 0) is 11.2 Å². The second-order valence-corrected chi connectivity index (χ2v) is 7.01. The molecule has 1 aromatic carbocycles. The minimum absolute atomic E-state index is 0. The van der Waals surface area contributed by atoms with Gasteiger partial charge in [0.25, 0.3) is 0 Å². The van der Waals surface area contributed by atoms with Gasteiger partial charge >= 0.3 is 5.97 Å². The largest absolute Gasteiger partial charge is 0.465 e. The summed E-state index contributed by atoms with van der Waals surface area (Å²) in [6, 6.07) is 7.54. The van der Waals surface area contributed by atoms with Crippen molar-refractivity contribution in [3.63, 3.8) is 0 Å². The molecule has 0 radical (unpaired) electrons. The number of carbonyl (C=O) groups is 1. The van der Waals surface area contributed by atoms with Crippen molar-refractivity contribution in [3.05, 3.63) is 35.4 Å². The molecule has 0 aromatic heterocycles. The molecular formula is C19H30IN3O2. The zero-order valence-electron chi connectivity index (χ0n) is 15.7. The number of halogens is 1. The molecule has 1 aliphatic heterocycles. The third kappa shape index (κ3) is 6.49. The molecule has 0 saturated carbocycles. The fraction of sp³-hybridized carbons (Fsp3) is 0.579. The summed E-state index contributed by atoms with van der Waals surface area (Å²) in [4.78, 5) is 18.6. The van der Waals surface area contributed by atoms with Crippen LogP contribution >= 0.6 is 24.0 Å². The van der Waals surface area contributed by atoms with Crippen LogP contribution in [0.3, 0.4) is 0 Å². The molecule has 2 rings (SSSR count). The first kappa shape index (κ1) is 21.7. The number of nitrogens with zero attached hydrogens (tertiary/aromatic N) is 2. The SMILES string of the molecule is CCNC(=NCCc1ccc(C(=O)OC)cc1)N1CCC(C)(C)C1.I. The second kappa shape index (κ2) is 9.99. The molecular weight excluding hydrogens is 429 g/mol. The number of rotatable bonds is 5. The van der Waals surface area contributed by atoms with Crippen molar-refractivity contribution >= 4 is 35.9 Å². The van der Waals surface area contributed by atoms with Gasteiger partial charge in [0.2, 0.25) is 0 Å². The van der Waals surface area contributed by atoms with Crippen molar-refractivity contribution < 1.29 is 9.53 Å². The van der Waals surface area contributed by atoms with Gasteiger partial charge in [-0.05, 0) is 42.9 Å². The van der Waals surface area contributed by atoms with Crippen molar-refractivity contribution in [2.75, 3.05) is 33.3 Å². The van der Waals surface area contributed by atoms with E-state index in [2.05, 4.69) is 31.0 Å². The average molecular weight is 459 g/mol. The minimum Gasteiger partial charge on any atom is -0.465 e. The summed E-state index contributed by atoms with van der Waals surface area (Å²) in [6.45, 7) is 10.4. The Morgan fingerprint density at radius 1 is 1.32 bits per heavy atom. The molecule has 0 spiro atoms. The summed E-state index contributed by atoms with van der Waals surface area (Å²) in [7, 11) is 1.40. The van der Waals surface area contributed by atoms with Crippen molar-refractivity contribution in [1.82, 2.24) is 10.2 Å². The Morgan fingerprint density at radius 3 is 2.52 bits per heavy atom. The van der Waals surface area contributed by atoms with E-state index >= 15 is 0 Å². The molecule has 0 atom stereocenters. The Kier molecular flexibility index (Phi) is 8.68. The van der Waals surface area contributed by atoms with Gasteiger partial charge in [-0.1, -0.05) is 26.0 Å². The number of nitrogens with one attached hydrogen (secondary N) is 1. The molecule has 0 aliphatic carbocycles. The van der Waals surface area contributed by atoms with Gasteiger partial charge < -0.3 is 15.0 Å². The van der Waals surface area contributed by atoms with Crippen molar-refractivity contribution in [2.24, 2.45) is 10.4 Å². The topological polar surface area (TPSA) is 53.9 Å². The lowest BCUT2D eigenvalue weighted by Gasteiger charge is -2.23. The van der Waals surface area contributed by atoms with Gasteiger partial charge in [0, 0.05) is 26.2 Å². The van der Waals surface area contributed by atoms with Crippen molar-refractivity contribution in [3.8, 4) is 0 Å². The number of hydrogen-bond acceptors (Lipinski definition) is 3. The van der Waals surface area contributed by atoms with E-state index in [4.69, 9.17) is 9.73 Å². The predicted molar refractivity (Wildman–Crippen MR) is 113 cm³/mol. The molecule has 1 saturated heterocycles. The third-order valence-electron chi connectivity index (χ3n) is 4.35. The van der Waals surface area contributed by atoms with Gasteiger partial charge in [-0.3, -0.25) is 4.99 Å². The number of likely N-dealkylation sites (tertiary alicyclic amines) is 1. The third-order valence-corrected chi connectivity index (χ3v) is 4.35. The number of hydrogen-bond donors (Lipinski definition) is 1. The highest BCUT2D eigenvalue weighted by molar-refractivity contribution is 14.0. The smallest absolute Gasteiger partial charge is 0.337 e. The fourth-order valence-electron chi connectivity index (χ4n) is 2.94. The Balaban J connectivity index is 0.00000312. The number of carbonyl (C=O) groups excluding carboxylic acids is 1. The molecule has 6 heteroatoms.